The van der Waals surface area contributed by atoms with Crippen molar-refractivity contribution in [1.29, 1.82) is 0 Å². The molecule has 0 aliphatic carbocycles. The standard InChI is InChI=1S/C14H17N3O4S/c1-10(2)17-9-13(8-15-17)22(20,21)16-12-5-3-4-11(6-12)7-14(18)19/h3-6,8-10,16H,7H2,1-2H3,(H,18,19). The van der Waals surface area contributed by atoms with E-state index in [4.69, 9.17) is 5.11 Å². The lowest BCUT2D eigenvalue weighted by Crippen LogP contribution is -2.13. The fraction of sp³-hybridized carbons (Fsp3) is 0.286. The smallest absolute Gasteiger partial charge is 0.307 e. The molecule has 1 aromatic heterocycles. The quantitative estimate of drug-likeness (QED) is 0.845. The molecule has 22 heavy (non-hydrogen) atoms. The number of hydrogen-bond acceptors (Lipinski definition) is 4. The van der Waals surface area contributed by atoms with E-state index in [1.807, 2.05) is 13.8 Å². The Kier molecular flexibility index (Phi) is 4.51. The monoisotopic (exact) mass is 323 g/mol. The third-order valence-corrected chi connectivity index (χ3v) is 4.29. The van der Waals surface area contributed by atoms with Crippen LogP contribution in [0.3, 0.4) is 0 Å². The number of aliphatic carboxylic acids is 1. The van der Waals surface area contributed by atoms with E-state index in [9.17, 15) is 13.2 Å². The van der Waals surface area contributed by atoms with Crippen LogP contribution in [0.15, 0.2) is 41.6 Å². The Labute approximate surface area is 128 Å². The van der Waals surface area contributed by atoms with E-state index < -0.39 is 16.0 Å². The number of hydrogen-bond donors (Lipinski definition) is 2. The van der Waals surface area contributed by atoms with Crippen LogP contribution >= 0.6 is 0 Å². The molecule has 0 radical (unpaired) electrons. The van der Waals surface area contributed by atoms with Crippen molar-refractivity contribution >= 4 is 21.7 Å². The Bertz CT molecular complexity index is 781. The van der Waals surface area contributed by atoms with Gasteiger partial charge in [-0.15, -0.1) is 0 Å². The van der Waals surface area contributed by atoms with Gasteiger partial charge in [0.15, 0.2) is 0 Å². The van der Waals surface area contributed by atoms with Crippen LogP contribution in [0.5, 0.6) is 0 Å². The van der Waals surface area contributed by atoms with Crippen LogP contribution in [0.1, 0.15) is 25.5 Å². The first kappa shape index (κ1) is 16.0. The molecule has 8 heteroatoms. The molecule has 0 saturated carbocycles. The zero-order valence-electron chi connectivity index (χ0n) is 12.2. The number of nitrogens with zero attached hydrogens (tertiary/aromatic N) is 2. The maximum absolute atomic E-state index is 12.3. The van der Waals surface area contributed by atoms with Crippen molar-refractivity contribution < 1.29 is 18.3 Å². The van der Waals surface area contributed by atoms with Gasteiger partial charge in [0.05, 0.1) is 12.6 Å². The van der Waals surface area contributed by atoms with Crippen LogP contribution in [0.25, 0.3) is 0 Å². The summed E-state index contributed by atoms with van der Waals surface area (Å²) in [5.41, 5.74) is 0.835. The lowest BCUT2D eigenvalue weighted by Gasteiger charge is -2.08. The average Bonchev–Trinajstić information content (AvgIpc) is 2.88. The lowest BCUT2D eigenvalue weighted by atomic mass is 10.1. The SMILES string of the molecule is CC(C)n1cc(S(=O)(=O)Nc2cccc(CC(=O)O)c2)cn1. The molecule has 0 fully saturated rings. The van der Waals surface area contributed by atoms with Crippen molar-refractivity contribution in [2.45, 2.75) is 31.2 Å². The Hall–Kier alpha value is -2.35. The molecule has 0 spiro atoms. The van der Waals surface area contributed by atoms with E-state index in [-0.39, 0.29) is 17.4 Å². The second kappa shape index (κ2) is 6.18. The number of benzene rings is 1. The molecule has 0 saturated heterocycles. The molecule has 0 atom stereocenters. The molecule has 118 valence electrons. The molecular weight excluding hydrogens is 306 g/mol. The van der Waals surface area contributed by atoms with Gasteiger partial charge in [-0.05, 0) is 31.5 Å². The summed E-state index contributed by atoms with van der Waals surface area (Å²) in [6.45, 7) is 3.79. The second-order valence-corrected chi connectivity index (χ2v) is 6.81. The van der Waals surface area contributed by atoms with Gasteiger partial charge >= 0.3 is 5.97 Å². The third-order valence-electron chi connectivity index (χ3n) is 2.95. The first-order valence-electron chi connectivity index (χ1n) is 6.65. The molecular formula is C14H17N3O4S. The summed E-state index contributed by atoms with van der Waals surface area (Å²) >= 11 is 0. The van der Waals surface area contributed by atoms with Crippen LogP contribution < -0.4 is 4.72 Å². The van der Waals surface area contributed by atoms with Crippen LogP contribution in [0, 0.1) is 0 Å². The number of sulfonamides is 1. The number of carbonyl (C=O) groups is 1. The molecule has 0 amide bonds. The summed E-state index contributed by atoms with van der Waals surface area (Å²) in [5.74, 6) is -0.974. The van der Waals surface area contributed by atoms with Crippen molar-refractivity contribution in [3.8, 4) is 0 Å². The highest BCUT2D eigenvalue weighted by molar-refractivity contribution is 7.92. The lowest BCUT2D eigenvalue weighted by molar-refractivity contribution is -0.136. The fourth-order valence-corrected chi connectivity index (χ4v) is 2.86. The number of carboxylic acids is 1. The predicted octanol–water partition coefficient (Wildman–Crippen LogP) is 1.89. The van der Waals surface area contributed by atoms with E-state index in [0.717, 1.165) is 0 Å². The topological polar surface area (TPSA) is 101 Å². The zero-order chi connectivity index (χ0) is 16.3. The van der Waals surface area contributed by atoms with Gasteiger partial charge in [0.1, 0.15) is 4.90 Å². The van der Waals surface area contributed by atoms with Gasteiger partial charge in [0.25, 0.3) is 10.0 Å². The Morgan fingerprint density at radius 2 is 2.14 bits per heavy atom. The van der Waals surface area contributed by atoms with Crippen molar-refractivity contribution in [3.05, 3.63) is 42.2 Å². The van der Waals surface area contributed by atoms with Crippen molar-refractivity contribution in [3.63, 3.8) is 0 Å². The number of rotatable bonds is 6. The highest BCUT2D eigenvalue weighted by atomic mass is 32.2. The van der Waals surface area contributed by atoms with E-state index in [1.165, 1.54) is 18.5 Å². The van der Waals surface area contributed by atoms with Gasteiger partial charge in [-0.1, -0.05) is 12.1 Å². The van der Waals surface area contributed by atoms with Gasteiger partial charge in [0.2, 0.25) is 0 Å². The molecule has 0 aliphatic heterocycles. The average molecular weight is 323 g/mol. The van der Waals surface area contributed by atoms with Crippen LogP contribution in [0.4, 0.5) is 5.69 Å². The summed E-state index contributed by atoms with van der Waals surface area (Å²) in [7, 11) is -3.75. The van der Waals surface area contributed by atoms with Gasteiger partial charge < -0.3 is 5.11 Å². The minimum absolute atomic E-state index is 0.0582. The molecule has 0 aliphatic rings. The molecule has 7 nitrogen and oxygen atoms in total. The minimum Gasteiger partial charge on any atom is -0.481 e. The summed E-state index contributed by atoms with van der Waals surface area (Å²) < 4.78 is 28.6. The maximum Gasteiger partial charge on any atom is 0.307 e. The van der Waals surface area contributed by atoms with Crippen molar-refractivity contribution in [1.82, 2.24) is 9.78 Å². The second-order valence-electron chi connectivity index (χ2n) is 5.13. The van der Waals surface area contributed by atoms with Crippen molar-refractivity contribution in [2.75, 3.05) is 4.72 Å². The summed E-state index contributed by atoms with van der Waals surface area (Å²) in [6.07, 6.45) is 2.57. The number of nitrogens with one attached hydrogen (secondary N) is 1. The molecule has 2 rings (SSSR count). The molecule has 0 bridgehead atoms. The summed E-state index contributed by atoms with van der Waals surface area (Å²) in [4.78, 5) is 10.8. The molecule has 1 aromatic carbocycles. The third kappa shape index (κ3) is 3.85. The molecule has 1 heterocycles. The minimum atomic E-state index is -3.75. The van der Waals surface area contributed by atoms with Crippen LogP contribution in [-0.4, -0.2) is 29.3 Å². The first-order valence-corrected chi connectivity index (χ1v) is 8.14. The maximum atomic E-state index is 12.3. The predicted molar refractivity (Wildman–Crippen MR) is 81.2 cm³/mol. The van der Waals surface area contributed by atoms with Crippen molar-refractivity contribution in [2.24, 2.45) is 0 Å². The molecule has 2 aromatic rings. The molecule has 0 unspecified atom stereocenters. The van der Waals surface area contributed by atoms with Gasteiger partial charge in [-0.3, -0.25) is 14.2 Å². The van der Waals surface area contributed by atoms with Gasteiger partial charge in [-0.2, -0.15) is 5.10 Å². The number of anilines is 1. The van der Waals surface area contributed by atoms with Gasteiger partial charge in [-0.25, -0.2) is 8.42 Å². The van der Waals surface area contributed by atoms with Crippen LogP contribution in [0.2, 0.25) is 0 Å². The zero-order valence-corrected chi connectivity index (χ0v) is 13.0. The Balaban J connectivity index is 2.22. The molecule has 2 N–H and O–H groups in total. The van der Waals surface area contributed by atoms with Gasteiger partial charge in [0, 0.05) is 17.9 Å². The van der Waals surface area contributed by atoms with E-state index >= 15 is 0 Å². The highest BCUT2D eigenvalue weighted by Gasteiger charge is 2.17. The Morgan fingerprint density at radius 3 is 2.73 bits per heavy atom. The summed E-state index contributed by atoms with van der Waals surface area (Å²) in [6, 6.07) is 6.35. The van der Waals surface area contributed by atoms with Crippen LogP contribution in [-0.2, 0) is 21.2 Å². The van der Waals surface area contributed by atoms with E-state index in [2.05, 4.69) is 9.82 Å². The Morgan fingerprint density at radius 1 is 1.41 bits per heavy atom. The summed E-state index contributed by atoms with van der Waals surface area (Å²) in [5, 5.41) is 12.8. The highest BCUT2D eigenvalue weighted by Crippen LogP contribution is 2.18. The fourth-order valence-electron chi connectivity index (χ4n) is 1.88. The number of carboxylic acid groups (broad SMARTS) is 1. The normalized spacial score (nSPS) is 11.6. The number of aromatic nitrogens is 2. The van der Waals surface area contributed by atoms with E-state index in [1.54, 1.807) is 22.9 Å². The largest absolute Gasteiger partial charge is 0.481 e. The first-order chi connectivity index (χ1) is 10.3. The van der Waals surface area contributed by atoms with E-state index in [0.29, 0.717) is 11.3 Å².